The molecule has 0 radical (unpaired) electrons. The van der Waals surface area contributed by atoms with Crippen molar-refractivity contribution < 1.29 is 0 Å². The van der Waals surface area contributed by atoms with E-state index in [0.717, 1.165) is 44.7 Å². The molecule has 1 N–H and O–H groups in total. The number of hydrogen-bond donors (Lipinski definition) is 1. The molecular formula is C15H23N3. The standard InChI is InChI=1S/C15H23N3/c1-3-7-16-11-14-10-15(6-8-17-14)18-9-4-5-13(2)12-18/h5-6,8,10,16H,3-4,7,9,11-12H2,1-2H3. The average molecular weight is 245 g/mol. The van der Waals surface area contributed by atoms with Crippen molar-refractivity contribution in [3.63, 3.8) is 0 Å². The van der Waals surface area contributed by atoms with Crippen LogP contribution in [0.2, 0.25) is 0 Å². The summed E-state index contributed by atoms with van der Waals surface area (Å²) in [7, 11) is 0. The van der Waals surface area contributed by atoms with Gasteiger partial charge in [-0.15, -0.1) is 0 Å². The van der Waals surface area contributed by atoms with E-state index in [0.29, 0.717) is 0 Å². The van der Waals surface area contributed by atoms with E-state index in [-0.39, 0.29) is 0 Å². The number of hydrogen-bond acceptors (Lipinski definition) is 3. The van der Waals surface area contributed by atoms with Gasteiger partial charge >= 0.3 is 0 Å². The van der Waals surface area contributed by atoms with Crippen molar-refractivity contribution in [2.24, 2.45) is 0 Å². The topological polar surface area (TPSA) is 28.2 Å². The molecule has 3 nitrogen and oxygen atoms in total. The van der Waals surface area contributed by atoms with Crippen molar-refractivity contribution in [1.29, 1.82) is 0 Å². The molecule has 0 atom stereocenters. The highest BCUT2D eigenvalue weighted by molar-refractivity contribution is 5.48. The summed E-state index contributed by atoms with van der Waals surface area (Å²) in [5.74, 6) is 0. The highest BCUT2D eigenvalue weighted by Gasteiger charge is 2.11. The maximum Gasteiger partial charge on any atom is 0.0562 e. The van der Waals surface area contributed by atoms with E-state index in [4.69, 9.17) is 0 Å². The summed E-state index contributed by atoms with van der Waals surface area (Å²) in [6, 6.07) is 4.32. The Hall–Kier alpha value is -1.35. The van der Waals surface area contributed by atoms with Crippen LogP contribution in [0.4, 0.5) is 5.69 Å². The maximum atomic E-state index is 4.42. The Morgan fingerprint density at radius 1 is 1.44 bits per heavy atom. The Balaban J connectivity index is 2.00. The van der Waals surface area contributed by atoms with E-state index in [1.54, 1.807) is 0 Å². The summed E-state index contributed by atoms with van der Waals surface area (Å²) in [5.41, 5.74) is 3.89. The fraction of sp³-hybridized carbons (Fsp3) is 0.533. The monoisotopic (exact) mass is 245 g/mol. The van der Waals surface area contributed by atoms with Crippen molar-refractivity contribution in [2.45, 2.75) is 33.2 Å². The first-order valence-corrected chi connectivity index (χ1v) is 6.86. The van der Waals surface area contributed by atoms with Crippen molar-refractivity contribution >= 4 is 5.69 Å². The van der Waals surface area contributed by atoms with Gasteiger partial charge in [-0.2, -0.15) is 0 Å². The molecule has 18 heavy (non-hydrogen) atoms. The molecule has 1 aliphatic heterocycles. The number of anilines is 1. The Bertz CT molecular complexity index is 412. The molecule has 0 aromatic carbocycles. The summed E-state index contributed by atoms with van der Waals surface area (Å²) in [6.45, 7) is 8.47. The first-order chi connectivity index (χ1) is 8.79. The summed E-state index contributed by atoms with van der Waals surface area (Å²) in [6.07, 6.45) is 6.57. The van der Waals surface area contributed by atoms with Crippen LogP contribution in [0.5, 0.6) is 0 Å². The van der Waals surface area contributed by atoms with Crippen LogP contribution in [-0.2, 0) is 6.54 Å². The largest absolute Gasteiger partial charge is 0.367 e. The van der Waals surface area contributed by atoms with Gasteiger partial charge in [0.1, 0.15) is 0 Å². The Morgan fingerprint density at radius 3 is 3.11 bits per heavy atom. The molecule has 3 heteroatoms. The number of pyridine rings is 1. The van der Waals surface area contributed by atoms with Crippen LogP contribution in [-0.4, -0.2) is 24.6 Å². The average Bonchev–Trinajstić information content (AvgIpc) is 2.39. The molecule has 0 aliphatic carbocycles. The lowest BCUT2D eigenvalue weighted by Gasteiger charge is -2.28. The van der Waals surface area contributed by atoms with E-state index in [1.807, 2.05) is 6.20 Å². The highest BCUT2D eigenvalue weighted by Crippen LogP contribution is 2.19. The maximum absolute atomic E-state index is 4.42. The quantitative estimate of drug-likeness (QED) is 0.638. The van der Waals surface area contributed by atoms with Gasteiger partial charge in [-0.25, -0.2) is 0 Å². The van der Waals surface area contributed by atoms with Gasteiger partial charge in [0.05, 0.1) is 5.69 Å². The summed E-state index contributed by atoms with van der Waals surface area (Å²) < 4.78 is 0. The third kappa shape index (κ3) is 3.57. The summed E-state index contributed by atoms with van der Waals surface area (Å²) in [5, 5.41) is 3.40. The highest BCUT2D eigenvalue weighted by atomic mass is 15.1. The molecule has 0 bridgehead atoms. The predicted molar refractivity (Wildman–Crippen MR) is 76.8 cm³/mol. The molecule has 0 amide bonds. The normalized spacial score (nSPS) is 15.7. The molecule has 2 rings (SSSR count). The SMILES string of the molecule is CCCNCc1cc(N2CCC=C(C)C2)ccn1. The molecular weight excluding hydrogens is 222 g/mol. The van der Waals surface area contributed by atoms with Gasteiger partial charge < -0.3 is 10.2 Å². The molecule has 2 heterocycles. The van der Waals surface area contributed by atoms with Crippen molar-refractivity contribution in [1.82, 2.24) is 10.3 Å². The van der Waals surface area contributed by atoms with Crippen LogP contribution in [0.25, 0.3) is 0 Å². The van der Waals surface area contributed by atoms with Crippen LogP contribution < -0.4 is 10.2 Å². The van der Waals surface area contributed by atoms with Crippen LogP contribution in [0.15, 0.2) is 30.0 Å². The molecule has 1 aromatic heterocycles. The zero-order valence-corrected chi connectivity index (χ0v) is 11.4. The molecule has 0 saturated heterocycles. The first kappa shape index (κ1) is 13.1. The van der Waals surface area contributed by atoms with Crippen LogP contribution in [0.1, 0.15) is 32.4 Å². The lowest BCUT2D eigenvalue weighted by molar-refractivity contribution is 0.663. The molecule has 0 fully saturated rings. The van der Waals surface area contributed by atoms with Gasteiger partial charge in [0.25, 0.3) is 0 Å². The summed E-state index contributed by atoms with van der Waals surface area (Å²) in [4.78, 5) is 6.85. The second-order valence-electron chi connectivity index (χ2n) is 4.94. The van der Waals surface area contributed by atoms with E-state index >= 15 is 0 Å². The van der Waals surface area contributed by atoms with Gasteiger partial charge in [-0.05, 0) is 38.4 Å². The number of rotatable bonds is 5. The minimum Gasteiger partial charge on any atom is -0.367 e. The summed E-state index contributed by atoms with van der Waals surface area (Å²) >= 11 is 0. The van der Waals surface area contributed by atoms with E-state index in [9.17, 15) is 0 Å². The predicted octanol–water partition coefficient (Wildman–Crippen LogP) is 2.74. The number of nitrogens with zero attached hydrogens (tertiary/aromatic N) is 2. The van der Waals surface area contributed by atoms with E-state index in [2.05, 4.69) is 47.3 Å². The van der Waals surface area contributed by atoms with Gasteiger partial charge in [-0.3, -0.25) is 4.98 Å². The molecule has 0 saturated carbocycles. The van der Waals surface area contributed by atoms with Gasteiger partial charge in [0.2, 0.25) is 0 Å². The lowest BCUT2D eigenvalue weighted by atomic mass is 10.1. The van der Waals surface area contributed by atoms with Crippen molar-refractivity contribution in [3.8, 4) is 0 Å². The van der Waals surface area contributed by atoms with Crippen LogP contribution in [0.3, 0.4) is 0 Å². The van der Waals surface area contributed by atoms with Gasteiger partial charge in [0, 0.05) is 31.5 Å². The minimum atomic E-state index is 0.865. The third-order valence-electron chi connectivity index (χ3n) is 3.23. The zero-order valence-electron chi connectivity index (χ0n) is 11.4. The number of nitrogens with one attached hydrogen (secondary N) is 1. The van der Waals surface area contributed by atoms with Crippen molar-refractivity contribution in [2.75, 3.05) is 24.5 Å². The molecule has 0 spiro atoms. The minimum absolute atomic E-state index is 0.865. The molecule has 0 unspecified atom stereocenters. The van der Waals surface area contributed by atoms with E-state index in [1.165, 1.54) is 11.3 Å². The second kappa shape index (κ2) is 6.55. The third-order valence-corrected chi connectivity index (χ3v) is 3.23. The van der Waals surface area contributed by atoms with Gasteiger partial charge in [-0.1, -0.05) is 18.6 Å². The fourth-order valence-corrected chi connectivity index (χ4v) is 2.28. The molecule has 1 aromatic rings. The van der Waals surface area contributed by atoms with Crippen LogP contribution >= 0.6 is 0 Å². The van der Waals surface area contributed by atoms with E-state index < -0.39 is 0 Å². The Kier molecular flexibility index (Phi) is 4.76. The fourth-order valence-electron chi connectivity index (χ4n) is 2.28. The van der Waals surface area contributed by atoms with Crippen LogP contribution in [0, 0.1) is 0 Å². The lowest BCUT2D eigenvalue weighted by Crippen LogP contribution is -2.29. The molecule has 1 aliphatic rings. The Morgan fingerprint density at radius 2 is 2.33 bits per heavy atom. The first-order valence-electron chi connectivity index (χ1n) is 6.86. The van der Waals surface area contributed by atoms with Gasteiger partial charge in [0.15, 0.2) is 0 Å². The van der Waals surface area contributed by atoms with Crippen molar-refractivity contribution in [3.05, 3.63) is 35.7 Å². The number of aromatic nitrogens is 1. The smallest absolute Gasteiger partial charge is 0.0562 e. The second-order valence-corrected chi connectivity index (χ2v) is 4.94. The Labute approximate surface area is 110 Å². The molecule has 98 valence electrons. The zero-order chi connectivity index (χ0) is 12.8.